The molecule has 0 unspecified atom stereocenters. The van der Waals surface area contributed by atoms with E-state index >= 15 is 0 Å². The molecule has 0 aliphatic heterocycles. The van der Waals surface area contributed by atoms with Gasteiger partial charge in [-0.25, -0.2) is 4.79 Å². The van der Waals surface area contributed by atoms with E-state index in [0.29, 0.717) is 0 Å². The normalized spacial score (nSPS) is 8.00. The van der Waals surface area contributed by atoms with Crippen LogP contribution in [0.25, 0.3) is 0 Å². The Kier molecular flexibility index (Phi) is 3.54. The van der Waals surface area contributed by atoms with Gasteiger partial charge in [0.05, 0.1) is 6.10 Å². The molecule has 0 radical (unpaired) electrons. The number of carbonyl (C=O) groups excluding carboxylic acids is 1. The van der Waals surface area contributed by atoms with Crippen molar-refractivity contribution in [2.45, 2.75) is 26.9 Å². The van der Waals surface area contributed by atoms with Crippen LogP contribution in [0, 0.1) is 11.8 Å². The fraction of sp³-hybridized carbons (Fsp3) is 0.571. The third-order valence-electron chi connectivity index (χ3n) is 0.570. The van der Waals surface area contributed by atoms with Gasteiger partial charge in [0.15, 0.2) is 0 Å². The van der Waals surface area contributed by atoms with Gasteiger partial charge in [0.25, 0.3) is 0 Å². The molecule has 0 aromatic heterocycles. The molecule has 0 atom stereocenters. The first kappa shape index (κ1) is 8.03. The lowest BCUT2D eigenvalue weighted by Gasteiger charge is -2.01. The Morgan fingerprint density at radius 3 is 2.44 bits per heavy atom. The SMILES string of the molecule is CC#CC(=O)OC(C)C. The molecule has 0 saturated carbocycles. The van der Waals surface area contributed by atoms with Gasteiger partial charge in [-0.2, -0.15) is 0 Å². The van der Waals surface area contributed by atoms with Gasteiger partial charge in [-0.05, 0) is 20.8 Å². The monoisotopic (exact) mass is 126 g/mol. The van der Waals surface area contributed by atoms with Crippen LogP contribution in [0.4, 0.5) is 0 Å². The van der Waals surface area contributed by atoms with Gasteiger partial charge in [-0.3, -0.25) is 0 Å². The Hall–Kier alpha value is -0.970. The number of rotatable bonds is 1. The molecular formula is C7H10O2. The van der Waals surface area contributed by atoms with Gasteiger partial charge in [0, 0.05) is 5.92 Å². The molecule has 0 rings (SSSR count). The predicted octanol–water partition coefficient (Wildman–Crippen LogP) is 0.961. The molecule has 0 N–H and O–H groups in total. The summed E-state index contributed by atoms with van der Waals surface area (Å²) in [6.45, 7) is 5.17. The molecular weight excluding hydrogens is 116 g/mol. The van der Waals surface area contributed by atoms with Gasteiger partial charge in [-0.15, -0.1) is 0 Å². The zero-order valence-electron chi connectivity index (χ0n) is 5.89. The van der Waals surface area contributed by atoms with Crippen LogP contribution in [-0.2, 0) is 9.53 Å². The van der Waals surface area contributed by atoms with Gasteiger partial charge in [-0.1, -0.05) is 5.92 Å². The lowest BCUT2D eigenvalue weighted by atomic mass is 10.5. The first-order valence-corrected chi connectivity index (χ1v) is 2.80. The molecule has 2 nitrogen and oxygen atoms in total. The Balaban J connectivity index is 3.60. The molecule has 0 aromatic carbocycles. The van der Waals surface area contributed by atoms with Gasteiger partial charge < -0.3 is 4.74 Å². The lowest BCUT2D eigenvalue weighted by Crippen LogP contribution is -2.08. The maximum atomic E-state index is 10.5. The smallest absolute Gasteiger partial charge is 0.384 e. The second-order valence-electron chi connectivity index (χ2n) is 1.83. The van der Waals surface area contributed by atoms with Crippen molar-refractivity contribution in [3.8, 4) is 11.8 Å². The van der Waals surface area contributed by atoms with Crippen molar-refractivity contribution in [1.82, 2.24) is 0 Å². The van der Waals surface area contributed by atoms with Crippen LogP contribution in [0.2, 0.25) is 0 Å². The first-order chi connectivity index (χ1) is 4.16. The number of hydrogen-bond acceptors (Lipinski definition) is 2. The molecule has 0 aliphatic rings. The molecule has 0 aromatic rings. The van der Waals surface area contributed by atoms with Gasteiger partial charge in [0.1, 0.15) is 0 Å². The Morgan fingerprint density at radius 1 is 1.56 bits per heavy atom. The highest BCUT2D eigenvalue weighted by Gasteiger charge is 1.97. The van der Waals surface area contributed by atoms with E-state index in [1.165, 1.54) is 0 Å². The van der Waals surface area contributed by atoms with Crippen molar-refractivity contribution in [2.24, 2.45) is 0 Å². The topological polar surface area (TPSA) is 26.3 Å². The standard InChI is InChI=1S/C7H10O2/c1-4-5-7(8)9-6(2)3/h6H,1-3H3. The van der Waals surface area contributed by atoms with Gasteiger partial charge >= 0.3 is 5.97 Å². The summed E-state index contributed by atoms with van der Waals surface area (Å²) < 4.78 is 4.68. The quantitative estimate of drug-likeness (QED) is 0.297. The van der Waals surface area contributed by atoms with Crippen LogP contribution in [0.15, 0.2) is 0 Å². The van der Waals surface area contributed by atoms with Crippen LogP contribution < -0.4 is 0 Å². The van der Waals surface area contributed by atoms with Crippen molar-refractivity contribution >= 4 is 5.97 Å². The van der Waals surface area contributed by atoms with E-state index in [-0.39, 0.29) is 6.10 Å². The largest absolute Gasteiger partial charge is 0.453 e. The Bertz CT molecular complexity index is 148. The minimum atomic E-state index is -0.451. The molecule has 0 heterocycles. The minimum Gasteiger partial charge on any atom is -0.453 e. The molecule has 9 heavy (non-hydrogen) atoms. The third-order valence-corrected chi connectivity index (χ3v) is 0.570. The first-order valence-electron chi connectivity index (χ1n) is 2.80. The van der Waals surface area contributed by atoms with E-state index in [9.17, 15) is 4.79 Å². The fourth-order valence-corrected chi connectivity index (χ4v) is 0.346. The van der Waals surface area contributed by atoms with Crippen LogP contribution in [0.5, 0.6) is 0 Å². The highest BCUT2D eigenvalue weighted by Crippen LogP contribution is 1.86. The second-order valence-corrected chi connectivity index (χ2v) is 1.83. The minimum absolute atomic E-state index is 0.0710. The second kappa shape index (κ2) is 3.96. The Labute approximate surface area is 55.2 Å². The highest BCUT2D eigenvalue weighted by molar-refractivity contribution is 5.88. The predicted molar refractivity (Wildman–Crippen MR) is 34.7 cm³/mol. The molecule has 0 fully saturated rings. The van der Waals surface area contributed by atoms with E-state index in [2.05, 4.69) is 16.6 Å². The number of esters is 1. The highest BCUT2D eigenvalue weighted by atomic mass is 16.5. The van der Waals surface area contributed by atoms with Crippen LogP contribution in [0.1, 0.15) is 20.8 Å². The van der Waals surface area contributed by atoms with E-state index < -0.39 is 5.97 Å². The summed E-state index contributed by atoms with van der Waals surface area (Å²) in [5.74, 6) is 4.26. The summed E-state index contributed by atoms with van der Waals surface area (Å²) in [5, 5.41) is 0. The number of ether oxygens (including phenoxy) is 1. The van der Waals surface area contributed by atoms with Crippen LogP contribution in [-0.4, -0.2) is 12.1 Å². The zero-order valence-corrected chi connectivity index (χ0v) is 5.89. The molecule has 0 spiro atoms. The van der Waals surface area contributed by atoms with Crippen molar-refractivity contribution in [2.75, 3.05) is 0 Å². The molecule has 50 valence electrons. The van der Waals surface area contributed by atoms with Crippen molar-refractivity contribution in [3.63, 3.8) is 0 Å². The molecule has 0 aliphatic carbocycles. The maximum Gasteiger partial charge on any atom is 0.384 e. The summed E-state index contributed by atoms with van der Waals surface area (Å²) in [6, 6.07) is 0. The summed E-state index contributed by atoms with van der Waals surface area (Å²) >= 11 is 0. The van der Waals surface area contributed by atoms with E-state index in [1.807, 2.05) is 0 Å². The molecule has 2 heteroatoms. The van der Waals surface area contributed by atoms with E-state index in [4.69, 9.17) is 0 Å². The van der Waals surface area contributed by atoms with E-state index in [1.54, 1.807) is 20.8 Å². The average Bonchev–Trinajstić information content (AvgIpc) is 1.63. The van der Waals surface area contributed by atoms with Crippen LogP contribution in [0.3, 0.4) is 0 Å². The summed E-state index contributed by atoms with van der Waals surface area (Å²) in [5.41, 5.74) is 0. The third kappa shape index (κ3) is 4.89. The zero-order chi connectivity index (χ0) is 7.28. The van der Waals surface area contributed by atoms with Gasteiger partial charge in [0.2, 0.25) is 0 Å². The number of hydrogen-bond donors (Lipinski definition) is 0. The molecule has 0 amide bonds. The van der Waals surface area contributed by atoms with Crippen molar-refractivity contribution in [3.05, 3.63) is 0 Å². The fourth-order valence-electron chi connectivity index (χ4n) is 0.346. The lowest BCUT2D eigenvalue weighted by molar-refractivity contribution is -0.140. The van der Waals surface area contributed by atoms with Crippen molar-refractivity contribution in [1.29, 1.82) is 0 Å². The molecule has 0 saturated heterocycles. The Morgan fingerprint density at radius 2 is 2.11 bits per heavy atom. The maximum absolute atomic E-state index is 10.5. The molecule has 0 bridgehead atoms. The summed E-state index contributed by atoms with van der Waals surface area (Å²) in [7, 11) is 0. The van der Waals surface area contributed by atoms with E-state index in [0.717, 1.165) is 0 Å². The average molecular weight is 126 g/mol. The van der Waals surface area contributed by atoms with Crippen molar-refractivity contribution < 1.29 is 9.53 Å². The van der Waals surface area contributed by atoms with Crippen LogP contribution >= 0.6 is 0 Å². The summed E-state index contributed by atoms with van der Waals surface area (Å²) in [4.78, 5) is 10.5. The summed E-state index contributed by atoms with van der Waals surface area (Å²) in [6.07, 6.45) is -0.0710. The number of carbonyl (C=O) groups is 1.